The van der Waals surface area contributed by atoms with Crippen molar-refractivity contribution in [3.8, 4) is 0 Å². The number of hydrogen-bond donors (Lipinski definition) is 1. The normalized spacial score (nSPS) is 16.1. The molecule has 1 aliphatic heterocycles. The largest absolute Gasteiger partial charge is 0.481 e. The molecule has 0 amide bonds. The van der Waals surface area contributed by atoms with Crippen LogP contribution in [0.2, 0.25) is 0 Å². The van der Waals surface area contributed by atoms with Crippen molar-refractivity contribution in [3.05, 3.63) is 40.4 Å². The van der Waals surface area contributed by atoms with Gasteiger partial charge in [0.15, 0.2) is 10.8 Å². The van der Waals surface area contributed by atoms with E-state index in [2.05, 4.69) is 4.98 Å². The maximum absolute atomic E-state index is 13.2. The Labute approximate surface area is 175 Å². The molecule has 1 saturated heterocycles. The first-order chi connectivity index (χ1) is 14.0. The van der Waals surface area contributed by atoms with Crippen molar-refractivity contribution >= 4 is 32.5 Å². The minimum Gasteiger partial charge on any atom is -0.481 e. The number of piperazine rings is 1. The van der Waals surface area contributed by atoms with Crippen LogP contribution in [0, 0.1) is 0 Å². The summed E-state index contributed by atoms with van der Waals surface area (Å²) in [7, 11) is -3.87. The molecule has 3 rings (SSSR count). The Morgan fingerprint density at radius 3 is 2.43 bits per heavy atom. The van der Waals surface area contributed by atoms with E-state index < -0.39 is 27.9 Å². The van der Waals surface area contributed by atoms with E-state index in [4.69, 9.17) is 5.11 Å². The number of sulfonamides is 1. The molecule has 0 saturated carbocycles. The third kappa shape index (κ3) is 4.76. The van der Waals surface area contributed by atoms with E-state index in [1.165, 1.54) is 10.4 Å². The van der Waals surface area contributed by atoms with Crippen LogP contribution < -0.4 is 4.90 Å². The lowest BCUT2D eigenvalue weighted by atomic mass is 10.1. The van der Waals surface area contributed by atoms with Crippen LogP contribution in [0.15, 0.2) is 28.5 Å². The zero-order valence-corrected chi connectivity index (χ0v) is 17.6. The average Bonchev–Trinajstić information content (AvgIpc) is 3.18. The molecule has 0 atom stereocenters. The fourth-order valence-electron chi connectivity index (χ4n) is 3.21. The number of nitrogens with zero attached hydrogens (tertiary/aromatic N) is 3. The first kappa shape index (κ1) is 22.5. The molecule has 1 aliphatic rings. The molecule has 2 heterocycles. The monoisotopic (exact) mass is 463 g/mol. The highest BCUT2D eigenvalue weighted by atomic mass is 32.2. The second-order valence-corrected chi connectivity index (χ2v) is 9.51. The molecule has 12 heteroatoms. The molecule has 30 heavy (non-hydrogen) atoms. The predicted molar refractivity (Wildman–Crippen MR) is 105 cm³/mol. The summed E-state index contributed by atoms with van der Waals surface area (Å²) in [6.45, 7) is 2.41. The number of hydrogen-bond acceptors (Lipinski definition) is 6. The van der Waals surface area contributed by atoms with Gasteiger partial charge < -0.3 is 10.0 Å². The number of carboxylic acids is 1. The molecule has 164 valence electrons. The van der Waals surface area contributed by atoms with Crippen LogP contribution in [0.3, 0.4) is 0 Å². The minimum atomic E-state index is -4.52. The molecule has 0 unspecified atom stereocenters. The summed E-state index contributed by atoms with van der Waals surface area (Å²) in [5.41, 5.74) is 0.0149. The SMILES string of the molecule is CCc1ccc(CC(=O)O)cc1S(=O)(=O)N1CCN(c2nc(C(F)(F)F)cs2)CC1. The van der Waals surface area contributed by atoms with Crippen molar-refractivity contribution in [2.75, 3.05) is 31.1 Å². The molecule has 0 aliphatic carbocycles. The Hall–Kier alpha value is -2.18. The molecule has 0 radical (unpaired) electrons. The molecule has 1 N–H and O–H groups in total. The third-order valence-electron chi connectivity index (χ3n) is 4.78. The van der Waals surface area contributed by atoms with E-state index in [9.17, 15) is 26.4 Å². The predicted octanol–water partition coefficient (Wildman–Crippen LogP) is 2.86. The Kier molecular flexibility index (Phi) is 6.39. The highest BCUT2D eigenvalue weighted by Gasteiger charge is 2.35. The van der Waals surface area contributed by atoms with Gasteiger partial charge in [0.05, 0.1) is 11.3 Å². The second kappa shape index (κ2) is 8.52. The van der Waals surface area contributed by atoms with E-state index in [1.807, 2.05) is 6.92 Å². The molecule has 7 nitrogen and oxygen atoms in total. The number of aliphatic carboxylic acids is 1. The second-order valence-electron chi connectivity index (χ2n) is 6.77. The van der Waals surface area contributed by atoms with Gasteiger partial charge in [-0.2, -0.15) is 17.5 Å². The maximum Gasteiger partial charge on any atom is 0.434 e. The lowest BCUT2D eigenvalue weighted by Gasteiger charge is -2.34. The number of aromatic nitrogens is 1. The standard InChI is InChI=1S/C18H20F3N3O4S2/c1-2-13-4-3-12(10-16(25)26)9-14(13)30(27,28)24-7-5-23(6-8-24)17-22-15(11-29-17)18(19,20)21/h3-4,9,11H,2,5-8,10H2,1H3,(H,25,26). The summed E-state index contributed by atoms with van der Waals surface area (Å²) >= 11 is 0.873. The highest BCUT2D eigenvalue weighted by Crippen LogP contribution is 2.33. The van der Waals surface area contributed by atoms with Crippen molar-refractivity contribution < 1.29 is 31.5 Å². The summed E-state index contributed by atoms with van der Waals surface area (Å²) in [5, 5.41) is 10.1. The van der Waals surface area contributed by atoms with Gasteiger partial charge in [0.1, 0.15) is 0 Å². The van der Waals surface area contributed by atoms with Crippen LogP contribution in [0.1, 0.15) is 23.7 Å². The first-order valence-electron chi connectivity index (χ1n) is 9.13. The van der Waals surface area contributed by atoms with Crippen LogP contribution >= 0.6 is 11.3 Å². The van der Waals surface area contributed by atoms with Gasteiger partial charge in [-0.05, 0) is 23.6 Å². The third-order valence-corrected chi connectivity index (χ3v) is 7.66. The molecular formula is C18H20F3N3O4S2. The molecular weight excluding hydrogens is 443 g/mol. The van der Waals surface area contributed by atoms with Gasteiger partial charge in [0.2, 0.25) is 10.0 Å². The summed E-state index contributed by atoms with van der Waals surface area (Å²) < 4.78 is 65.9. The number of halogens is 3. The molecule has 0 bridgehead atoms. The number of rotatable bonds is 6. The quantitative estimate of drug-likeness (QED) is 0.709. The van der Waals surface area contributed by atoms with Gasteiger partial charge in [-0.25, -0.2) is 13.4 Å². The van der Waals surface area contributed by atoms with E-state index in [1.54, 1.807) is 17.0 Å². The molecule has 1 aromatic carbocycles. The fourth-order valence-corrected chi connectivity index (χ4v) is 5.87. The topological polar surface area (TPSA) is 90.8 Å². The van der Waals surface area contributed by atoms with E-state index >= 15 is 0 Å². The Morgan fingerprint density at radius 2 is 1.90 bits per heavy atom. The molecule has 1 fully saturated rings. The average molecular weight is 464 g/mol. The Balaban J connectivity index is 1.78. The van der Waals surface area contributed by atoms with Crippen LogP contribution in [-0.4, -0.2) is 55.0 Å². The van der Waals surface area contributed by atoms with Crippen LogP contribution in [0.4, 0.5) is 18.3 Å². The minimum absolute atomic E-state index is 0.0748. The van der Waals surface area contributed by atoms with Crippen molar-refractivity contribution in [1.82, 2.24) is 9.29 Å². The number of benzene rings is 1. The molecule has 2 aromatic rings. The number of anilines is 1. The zero-order chi connectivity index (χ0) is 22.1. The first-order valence-corrected chi connectivity index (χ1v) is 11.5. The smallest absolute Gasteiger partial charge is 0.434 e. The van der Waals surface area contributed by atoms with Crippen molar-refractivity contribution in [2.24, 2.45) is 0 Å². The van der Waals surface area contributed by atoms with E-state index in [-0.39, 0.29) is 42.6 Å². The van der Waals surface area contributed by atoms with Crippen molar-refractivity contribution in [3.63, 3.8) is 0 Å². The zero-order valence-electron chi connectivity index (χ0n) is 16.0. The maximum atomic E-state index is 13.2. The number of thiazole rings is 1. The van der Waals surface area contributed by atoms with Gasteiger partial charge in [0, 0.05) is 31.6 Å². The van der Waals surface area contributed by atoms with Crippen LogP contribution in [0.25, 0.3) is 0 Å². The van der Waals surface area contributed by atoms with Crippen molar-refractivity contribution in [1.29, 1.82) is 0 Å². The van der Waals surface area contributed by atoms with Gasteiger partial charge in [-0.3, -0.25) is 4.79 Å². The van der Waals surface area contributed by atoms with Gasteiger partial charge in [0.25, 0.3) is 0 Å². The lowest BCUT2D eigenvalue weighted by molar-refractivity contribution is -0.140. The number of aryl methyl sites for hydroxylation is 1. The molecule has 0 spiro atoms. The number of carboxylic acid groups (broad SMARTS) is 1. The van der Waals surface area contributed by atoms with Crippen molar-refractivity contribution in [2.45, 2.75) is 30.8 Å². The van der Waals surface area contributed by atoms with E-state index in [0.29, 0.717) is 17.5 Å². The Morgan fingerprint density at radius 1 is 1.23 bits per heavy atom. The highest BCUT2D eigenvalue weighted by molar-refractivity contribution is 7.89. The lowest BCUT2D eigenvalue weighted by Crippen LogP contribution is -2.48. The summed E-state index contributed by atoms with van der Waals surface area (Å²) in [6.07, 6.45) is -4.34. The summed E-state index contributed by atoms with van der Waals surface area (Å²) in [4.78, 5) is 16.3. The fraction of sp³-hybridized carbons (Fsp3) is 0.444. The van der Waals surface area contributed by atoms with E-state index in [0.717, 1.165) is 16.7 Å². The van der Waals surface area contributed by atoms with Crippen LogP contribution in [0.5, 0.6) is 0 Å². The number of alkyl halides is 3. The Bertz CT molecular complexity index is 1030. The van der Waals surface area contributed by atoms with Crippen LogP contribution in [-0.2, 0) is 33.8 Å². The van der Waals surface area contributed by atoms with Gasteiger partial charge in [-0.15, -0.1) is 11.3 Å². The number of carbonyl (C=O) groups is 1. The summed E-state index contributed by atoms with van der Waals surface area (Å²) in [6, 6.07) is 4.62. The molecule has 1 aromatic heterocycles. The van der Waals surface area contributed by atoms with Gasteiger partial charge in [-0.1, -0.05) is 19.1 Å². The summed E-state index contributed by atoms with van der Waals surface area (Å²) in [5.74, 6) is -1.06. The van der Waals surface area contributed by atoms with Gasteiger partial charge >= 0.3 is 12.1 Å².